The molecule has 0 radical (unpaired) electrons. The standard InChI is InChI=1S/C29H34N4O4/c1-2-3-5-10-26(34)33-27(28(35)31-19-21-11-15-24(16-12-21)32-29(30)36)23-13-17-25(18-14-23)37-20-22-8-6-4-7-9-22/h4,6-9,11-18,27H,2-3,5,10,19-20H2,1H3,(H,31,35)(H,33,34)(H3,30,32,36)/t27-/m0/s1. The summed E-state index contributed by atoms with van der Waals surface area (Å²) in [5, 5.41) is 8.27. The molecular formula is C29H34N4O4. The number of carbonyl (C=O) groups is 3. The zero-order chi connectivity index (χ0) is 26.5. The zero-order valence-corrected chi connectivity index (χ0v) is 21.0. The van der Waals surface area contributed by atoms with Gasteiger partial charge in [-0.25, -0.2) is 4.79 Å². The van der Waals surface area contributed by atoms with Crippen LogP contribution in [0.5, 0.6) is 5.75 Å². The molecule has 0 fully saturated rings. The Morgan fingerprint density at radius 2 is 1.57 bits per heavy atom. The van der Waals surface area contributed by atoms with E-state index in [0.717, 1.165) is 30.4 Å². The van der Waals surface area contributed by atoms with Gasteiger partial charge in [-0.15, -0.1) is 0 Å². The number of urea groups is 1. The molecule has 4 amide bonds. The highest BCUT2D eigenvalue weighted by Crippen LogP contribution is 2.20. The van der Waals surface area contributed by atoms with Crippen LogP contribution in [0.4, 0.5) is 10.5 Å². The van der Waals surface area contributed by atoms with Crippen LogP contribution in [0.1, 0.15) is 55.3 Å². The summed E-state index contributed by atoms with van der Waals surface area (Å²) >= 11 is 0. The molecule has 0 heterocycles. The smallest absolute Gasteiger partial charge is 0.316 e. The number of hydrogen-bond acceptors (Lipinski definition) is 4. The number of carbonyl (C=O) groups excluding carboxylic acids is 3. The van der Waals surface area contributed by atoms with E-state index in [2.05, 4.69) is 22.9 Å². The molecule has 5 N–H and O–H groups in total. The number of benzene rings is 3. The van der Waals surface area contributed by atoms with Gasteiger partial charge in [-0.3, -0.25) is 9.59 Å². The lowest BCUT2D eigenvalue weighted by molar-refractivity contribution is -0.129. The Balaban J connectivity index is 1.65. The van der Waals surface area contributed by atoms with Crippen molar-refractivity contribution in [2.24, 2.45) is 5.73 Å². The molecule has 0 spiro atoms. The van der Waals surface area contributed by atoms with Crippen LogP contribution in [0.3, 0.4) is 0 Å². The molecule has 0 aliphatic rings. The van der Waals surface area contributed by atoms with Gasteiger partial charge in [0.2, 0.25) is 11.8 Å². The van der Waals surface area contributed by atoms with Crippen molar-refractivity contribution in [1.29, 1.82) is 0 Å². The van der Waals surface area contributed by atoms with Gasteiger partial charge in [0.15, 0.2) is 0 Å². The molecule has 37 heavy (non-hydrogen) atoms. The van der Waals surface area contributed by atoms with Gasteiger partial charge in [0.25, 0.3) is 0 Å². The second-order valence-electron chi connectivity index (χ2n) is 8.70. The maximum atomic E-state index is 13.2. The van der Waals surface area contributed by atoms with Crippen LogP contribution in [-0.2, 0) is 22.7 Å². The van der Waals surface area contributed by atoms with Crippen molar-refractivity contribution < 1.29 is 19.1 Å². The fraction of sp³-hybridized carbons (Fsp3) is 0.276. The zero-order valence-electron chi connectivity index (χ0n) is 21.0. The first-order valence-electron chi connectivity index (χ1n) is 12.4. The van der Waals surface area contributed by atoms with E-state index < -0.39 is 12.1 Å². The van der Waals surface area contributed by atoms with Gasteiger partial charge >= 0.3 is 6.03 Å². The minimum atomic E-state index is -0.840. The van der Waals surface area contributed by atoms with Crippen molar-refractivity contribution in [3.63, 3.8) is 0 Å². The van der Waals surface area contributed by atoms with E-state index >= 15 is 0 Å². The molecule has 3 aromatic rings. The van der Waals surface area contributed by atoms with Gasteiger partial charge in [0, 0.05) is 18.7 Å². The van der Waals surface area contributed by atoms with Crippen molar-refractivity contribution in [1.82, 2.24) is 10.6 Å². The topological polar surface area (TPSA) is 123 Å². The second kappa shape index (κ2) is 14.3. The molecule has 0 saturated heterocycles. The molecule has 0 aliphatic carbocycles. The van der Waals surface area contributed by atoms with Crippen LogP contribution in [0.15, 0.2) is 78.9 Å². The molecule has 0 unspecified atom stereocenters. The van der Waals surface area contributed by atoms with Gasteiger partial charge in [0.05, 0.1) is 0 Å². The fourth-order valence-corrected chi connectivity index (χ4v) is 3.71. The summed E-state index contributed by atoms with van der Waals surface area (Å²) in [6.45, 7) is 2.77. The SMILES string of the molecule is CCCCCC(=O)N[C@H](C(=O)NCc1ccc(NC(N)=O)cc1)c1ccc(OCc2ccccc2)cc1. The highest BCUT2D eigenvalue weighted by molar-refractivity contribution is 5.89. The molecule has 3 aromatic carbocycles. The first kappa shape index (κ1) is 27.3. The minimum Gasteiger partial charge on any atom is -0.489 e. The Morgan fingerprint density at radius 3 is 2.22 bits per heavy atom. The fourth-order valence-electron chi connectivity index (χ4n) is 3.71. The largest absolute Gasteiger partial charge is 0.489 e. The number of hydrogen-bond donors (Lipinski definition) is 4. The number of nitrogens with two attached hydrogens (primary N) is 1. The third kappa shape index (κ3) is 9.33. The van der Waals surface area contributed by atoms with E-state index in [0.29, 0.717) is 30.0 Å². The molecule has 0 aromatic heterocycles. The lowest BCUT2D eigenvalue weighted by Gasteiger charge is -2.20. The lowest BCUT2D eigenvalue weighted by Crippen LogP contribution is -2.40. The summed E-state index contributed by atoms with van der Waals surface area (Å²) in [5.41, 5.74) is 8.25. The number of amides is 4. The van der Waals surface area contributed by atoms with Crippen molar-refractivity contribution in [2.45, 2.75) is 51.8 Å². The molecule has 0 bridgehead atoms. The summed E-state index contributed by atoms with van der Waals surface area (Å²) < 4.78 is 5.85. The first-order chi connectivity index (χ1) is 17.9. The quantitative estimate of drug-likeness (QED) is 0.251. The number of anilines is 1. The van der Waals surface area contributed by atoms with E-state index in [-0.39, 0.29) is 18.4 Å². The predicted molar refractivity (Wildman–Crippen MR) is 144 cm³/mol. The number of primary amides is 1. The molecule has 8 heteroatoms. The van der Waals surface area contributed by atoms with Crippen LogP contribution in [0.25, 0.3) is 0 Å². The normalized spacial score (nSPS) is 11.3. The number of unbranched alkanes of at least 4 members (excludes halogenated alkanes) is 2. The van der Waals surface area contributed by atoms with Crippen LogP contribution in [0.2, 0.25) is 0 Å². The average Bonchev–Trinajstić information content (AvgIpc) is 2.91. The summed E-state index contributed by atoms with van der Waals surface area (Å²) in [6.07, 6.45) is 3.10. The number of rotatable bonds is 13. The van der Waals surface area contributed by atoms with Crippen molar-refractivity contribution in [3.8, 4) is 5.75 Å². The van der Waals surface area contributed by atoms with E-state index in [9.17, 15) is 14.4 Å². The highest BCUT2D eigenvalue weighted by atomic mass is 16.5. The minimum absolute atomic E-state index is 0.167. The lowest BCUT2D eigenvalue weighted by atomic mass is 10.0. The summed E-state index contributed by atoms with van der Waals surface area (Å²) in [4.78, 5) is 36.7. The van der Waals surface area contributed by atoms with Crippen molar-refractivity contribution in [3.05, 3.63) is 95.6 Å². The molecular weight excluding hydrogens is 468 g/mol. The van der Waals surface area contributed by atoms with Crippen molar-refractivity contribution in [2.75, 3.05) is 5.32 Å². The van der Waals surface area contributed by atoms with Gasteiger partial charge in [-0.05, 0) is 47.4 Å². The average molecular weight is 503 g/mol. The van der Waals surface area contributed by atoms with E-state index in [1.165, 1.54) is 0 Å². The molecule has 8 nitrogen and oxygen atoms in total. The van der Waals surface area contributed by atoms with Gasteiger partial charge in [-0.2, -0.15) is 0 Å². The summed E-state index contributed by atoms with van der Waals surface area (Å²) in [7, 11) is 0. The monoisotopic (exact) mass is 502 g/mol. The third-order valence-electron chi connectivity index (χ3n) is 5.72. The van der Waals surface area contributed by atoms with E-state index in [1.807, 2.05) is 30.3 Å². The Hall–Kier alpha value is -4.33. The Bertz CT molecular complexity index is 1150. The first-order valence-corrected chi connectivity index (χ1v) is 12.4. The Labute approximate surface area is 217 Å². The van der Waals surface area contributed by atoms with E-state index in [4.69, 9.17) is 10.5 Å². The van der Waals surface area contributed by atoms with E-state index in [1.54, 1.807) is 48.5 Å². The van der Waals surface area contributed by atoms with Crippen LogP contribution >= 0.6 is 0 Å². The Kier molecular flexibility index (Phi) is 10.5. The molecule has 1 atom stereocenters. The predicted octanol–water partition coefficient (Wildman–Crippen LogP) is 4.81. The maximum absolute atomic E-state index is 13.2. The highest BCUT2D eigenvalue weighted by Gasteiger charge is 2.22. The van der Waals surface area contributed by atoms with Crippen LogP contribution in [-0.4, -0.2) is 17.8 Å². The number of ether oxygens (including phenoxy) is 1. The summed E-state index contributed by atoms with van der Waals surface area (Å²) in [5.74, 6) is 0.187. The molecule has 3 rings (SSSR count). The van der Waals surface area contributed by atoms with Gasteiger partial charge in [0.1, 0.15) is 18.4 Å². The Morgan fingerprint density at radius 1 is 0.865 bits per heavy atom. The molecule has 0 saturated carbocycles. The van der Waals surface area contributed by atoms with Crippen LogP contribution in [0, 0.1) is 0 Å². The maximum Gasteiger partial charge on any atom is 0.316 e. The second-order valence-corrected chi connectivity index (χ2v) is 8.70. The third-order valence-corrected chi connectivity index (χ3v) is 5.72. The molecule has 194 valence electrons. The van der Waals surface area contributed by atoms with Gasteiger partial charge < -0.3 is 26.4 Å². The van der Waals surface area contributed by atoms with Gasteiger partial charge in [-0.1, -0.05) is 74.4 Å². The van der Waals surface area contributed by atoms with Crippen LogP contribution < -0.4 is 26.4 Å². The van der Waals surface area contributed by atoms with Crippen molar-refractivity contribution >= 4 is 23.5 Å². The molecule has 0 aliphatic heterocycles. The number of nitrogens with one attached hydrogen (secondary N) is 3. The summed E-state index contributed by atoms with van der Waals surface area (Å²) in [6, 6.07) is 22.5.